The second-order valence-electron chi connectivity index (χ2n) is 10.0. The molecule has 1 saturated heterocycles. The maximum absolute atomic E-state index is 13.1. The van der Waals surface area contributed by atoms with E-state index >= 15 is 0 Å². The first-order valence-electron chi connectivity index (χ1n) is 13.7. The van der Waals surface area contributed by atoms with Crippen molar-refractivity contribution in [3.05, 3.63) is 129 Å². The Hall–Kier alpha value is -4.68. The van der Waals surface area contributed by atoms with Gasteiger partial charge in [-0.2, -0.15) is 4.98 Å². The van der Waals surface area contributed by atoms with E-state index in [1.54, 1.807) is 13.3 Å². The van der Waals surface area contributed by atoms with E-state index in [0.717, 1.165) is 16.7 Å². The zero-order chi connectivity index (χ0) is 30.6. The Morgan fingerprint density at radius 1 is 1.05 bits per heavy atom. The zero-order valence-electron chi connectivity index (χ0n) is 23.5. The monoisotopic (exact) mass is 625 g/mol. The number of hydrogen-bond acceptors (Lipinski definition) is 9. The van der Waals surface area contributed by atoms with Crippen molar-refractivity contribution >= 4 is 41.6 Å². The van der Waals surface area contributed by atoms with Gasteiger partial charge in [-0.1, -0.05) is 103 Å². The molecule has 1 N–H and O–H groups in total. The summed E-state index contributed by atoms with van der Waals surface area (Å²) in [5.74, 6) is -1.07. The number of carbonyl (C=O) groups excluding carboxylic acids is 1. The number of hydrogen-bond donors (Lipinski definition) is 1. The number of aliphatic carboxylic acids is 1. The first-order chi connectivity index (χ1) is 21.4. The number of aromatic nitrogens is 3. The summed E-state index contributed by atoms with van der Waals surface area (Å²) in [6, 6.07) is 27.9. The molecule has 3 aromatic carbocycles. The van der Waals surface area contributed by atoms with Crippen molar-refractivity contribution in [2.45, 2.75) is 22.7 Å². The van der Waals surface area contributed by atoms with Gasteiger partial charge in [-0.25, -0.2) is 9.48 Å². The Labute approximate surface area is 261 Å². The van der Waals surface area contributed by atoms with Crippen LogP contribution in [0, 0.1) is 0 Å². The molecule has 0 saturated carbocycles. The van der Waals surface area contributed by atoms with E-state index < -0.39 is 23.7 Å². The lowest BCUT2D eigenvalue weighted by Gasteiger charge is -2.47. The highest BCUT2D eigenvalue weighted by atomic mass is 32.2. The molecule has 0 bridgehead atoms. The normalized spacial score (nSPS) is 18.0. The number of aliphatic imine (C=N–C) groups is 1. The van der Waals surface area contributed by atoms with Gasteiger partial charge in [0.05, 0.1) is 0 Å². The van der Waals surface area contributed by atoms with Gasteiger partial charge in [0.1, 0.15) is 11.1 Å². The number of rotatable bonds is 10. The first-order valence-corrected chi connectivity index (χ1v) is 15.8. The van der Waals surface area contributed by atoms with Crippen LogP contribution < -0.4 is 10.3 Å². The average Bonchev–Trinajstić information content (AvgIpc) is 3.05. The van der Waals surface area contributed by atoms with Crippen LogP contribution in [-0.4, -0.2) is 65.8 Å². The fraction of sp³-hybridized carbons (Fsp3) is 0.188. The van der Waals surface area contributed by atoms with E-state index in [9.17, 15) is 19.5 Å². The van der Waals surface area contributed by atoms with E-state index in [2.05, 4.69) is 15.1 Å². The summed E-state index contributed by atoms with van der Waals surface area (Å²) in [5.41, 5.74) is 2.47. The molecule has 0 spiro atoms. The quantitative estimate of drug-likeness (QED) is 0.157. The summed E-state index contributed by atoms with van der Waals surface area (Å²) >= 11 is 2.65. The number of benzene rings is 3. The molecule has 6 rings (SSSR count). The molecule has 1 aromatic heterocycles. The Bertz CT molecular complexity index is 1760. The first kappa shape index (κ1) is 29.4. The summed E-state index contributed by atoms with van der Waals surface area (Å²) in [4.78, 5) is 48.3. The summed E-state index contributed by atoms with van der Waals surface area (Å²) < 4.78 is 7.58. The summed E-state index contributed by atoms with van der Waals surface area (Å²) in [6.07, 6.45) is 1.08. The van der Waals surface area contributed by atoms with E-state index in [0.29, 0.717) is 16.5 Å². The fourth-order valence-corrected chi connectivity index (χ4v) is 7.34. The second kappa shape index (κ2) is 12.9. The van der Waals surface area contributed by atoms with E-state index in [1.807, 2.05) is 91.0 Å². The number of amides is 1. The van der Waals surface area contributed by atoms with Gasteiger partial charge < -0.3 is 9.84 Å². The third-order valence-electron chi connectivity index (χ3n) is 7.11. The molecular weight excluding hydrogens is 599 g/mol. The highest BCUT2D eigenvalue weighted by Crippen LogP contribution is 2.42. The highest BCUT2D eigenvalue weighted by Gasteiger charge is 2.53. The lowest BCUT2D eigenvalue weighted by molar-refractivity contribution is -0.147. The molecule has 3 heterocycles. The number of carbonyl (C=O) groups is 2. The molecule has 2 aliphatic rings. The van der Waals surface area contributed by atoms with Crippen molar-refractivity contribution < 1.29 is 19.4 Å². The van der Waals surface area contributed by atoms with Crippen LogP contribution in [0.2, 0.25) is 0 Å². The third-order valence-corrected chi connectivity index (χ3v) is 9.54. The fourth-order valence-electron chi connectivity index (χ4n) is 4.96. The standard InChI is InChI=1S/C32H27N5O5S2/c1-36-32(34-27(38)28(35-36)42-26(21-13-7-3-8-14-21)22-15-9-4-10-16-22)44-19-23-18-43-30-24(29(39)37(30)25(23)31(40)41)33-17-20-11-5-2-6-12-20/h2-17,24,26,30H,18-19H2,1H3,(H,40,41)/t24-,30+/m1/s1. The van der Waals surface area contributed by atoms with Crippen LogP contribution in [0.4, 0.5) is 0 Å². The predicted octanol–water partition coefficient (Wildman–Crippen LogP) is 4.18. The minimum Gasteiger partial charge on any atom is -0.477 e. The van der Waals surface area contributed by atoms with E-state index in [1.165, 1.54) is 33.1 Å². The molecule has 2 aliphatic heterocycles. The smallest absolute Gasteiger partial charge is 0.352 e. The van der Waals surface area contributed by atoms with Crippen LogP contribution in [0.15, 0.2) is 117 Å². The second-order valence-corrected chi connectivity index (χ2v) is 12.1. The minimum absolute atomic E-state index is 0.0381. The molecule has 2 atom stereocenters. The van der Waals surface area contributed by atoms with Crippen molar-refractivity contribution in [3.8, 4) is 5.88 Å². The van der Waals surface area contributed by atoms with Crippen molar-refractivity contribution in [2.75, 3.05) is 11.5 Å². The molecule has 1 amide bonds. The van der Waals surface area contributed by atoms with Crippen LogP contribution in [-0.2, 0) is 16.6 Å². The molecule has 0 unspecified atom stereocenters. The summed E-state index contributed by atoms with van der Waals surface area (Å²) in [7, 11) is 1.65. The Kier molecular flexibility index (Phi) is 8.62. The SMILES string of the molecule is Cn1nc(OC(c2ccccc2)c2ccccc2)c(=O)nc1SCC1=C(C(=O)O)N2C(=O)[C@@H](N=Cc3ccccc3)[C@@H]2SC1. The van der Waals surface area contributed by atoms with Crippen molar-refractivity contribution in [2.24, 2.45) is 12.0 Å². The molecule has 1 fully saturated rings. The molecule has 0 aliphatic carbocycles. The number of aryl methyl sites for hydroxylation is 1. The average molecular weight is 626 g/mol. The van der Waals surface area contributed by atoms with Crippen LogP contribution in [0.1, 0.15) is 22.8 Å². The number of β-lactam (4-membered cyclic amide) rings is 1. The van der Waals surface area contributed by atoms with E-state index in [-0.39, 0.29) is 28.6 Å². The maximum atomic E-state index is 13.1. The van der Waals surface area contributed by atoms with Crippen LogP contribution >= 0.6 is 23.5 Å². The lowest BCUT2D eigenvalue weighted by atomic mass is 10.0. The van der Waals surface area contributed by atoms with Crippen LogP contribution in [0.3, 0.4) is 0 Å². The summed E-state index contributed by atoms with van der Waals surface area (Å²) in [5, 5.41) is 14.3. The van der Waals surface area contributed by atoms with Gasteiger partial charge in [0.25, 0.3) is 5.91 Å². The third kappa shape index (κ3) is 6.03. The summed E-state index contributed by atoms with van der Waals surface area (Å²) in [6.45, 7) is 0. The molecule has 44 heavy (non-hydrogen) atoms. The minimum atomic E-state index is -1.18. The number of fused-ring (bicyclic) bond motifs is 1. The number of carboxylic acids is 1. The molecule has 0 radical (unpaired) electrons. The van der Waals surface area contributed by atoms with Gasteiger partial charge in [0.2, 0.25) is 0 Å². The number of nitrogens with zero attached hydrogens (tertiary/aromatic N) is 5. The molecule has 222 valence electrons. The Balaban J connectivity index is 1.18. The van der Waals surface area contributed by atoms with Gasteiger partial charge in [-0.3, -0.25) is 19.5 Å². The largest absolute Gasteiger partial charge is 0.477 e. The Morgan fingerprint density at radius 2 is 1.66 bits per heavy atom. The van der Waals surface area contributed by atoms with Crippen molar-refractivity contribution in [1.82, 2.24) is 19.7 Å². The lowest BCUT2D eigenvalue weighted by Crippen LogP contribution is -2.64. The Morgan fingerprint density at radius 3 is 2.27 bits per heavy atom. The number of carboxylic acid groups (broad SMARTS) is 1. The van der Waals surface area contributed by atoms with Crippen LogP contribution in [0.5, 0.6) is 5.88 Å². The molecule has 10 nitrogen and oxygen atoms in total. The maximum Gasteiger partial charge on any atom is 0.352 e. The predicted molar refractivity (Wildman–Crippen MR) is 169 cm³/mol. The number of thioether (sulfide) groups is 2. The van der Waals surface area contributed by atoms with Crippen molar-refractivity contribution in [3.63, 3.8) is 0 Å². The van der Waals surface area contributed by atoms with Crippen molar-refractivity contribution in [1.29, 1.82) is 0 Å². The zero-order valence-corrected chi connectivity index (χ0v) is 25.1. The highest BCUT2D eigenvalue weighted by molar-refractivity contribution is 8.01. The molecular formula is C32H27N5O5S2. The van der Waals surface area contributed by atoms with E-state index in [4.69, 9.17) is 4.74 Å². The van der Waals surface area contributed by atoms with Gasteiger partial charge in [-0.05, 0) is 22.3 Å². The molecule has 4 aromatic rings. The van der Waals surface area contributed by atoms with Crippen LogP contribution in [0.25, 0.3) is 0 Å². The van der Waals surface area contributed by atoms with Gasteiger partial charge in [-0.15, -0.1) is 16.9 Å². The van der Waals surface area contributed by atoms with Gasteiger partial charge in [0.15, 0.2) is 17.3 Å². The van der Waals surface area contributed by atoms with Gasteiger partial charge >= 0.3 is 17.4 Å². The molecule has 12 heteroatoms. The topological polar surface area (TPSA) is 127 Å². The van der Waals surface area contributed by atoms with Gasteiger partial charge in [0, 0.05) is 24.8 Å². The number of ether oxygens (including phenoxy) is 1.